The van der Waals surface area contributed by atoms with Gasteiger partial charge >= 0.3 is 12.1 Å². The number of pyridine rings is 1. The lowest BCUT2D eigenvalue weighted by Crippen LogP contribution is -2.45. The second-order valence-electron chi connectivity index (χ2n) is 9.64. The van der Waals surface area contributed by atoms with Gasteiger partial charge in [0.1, 0.15) is 17.5 Å². The van der Waals surface area contributed by atoms with E-state index in [0.29, 0.717) is 6.54 Å². The molecule has 2 rings (SSSR count). The van der Waals surface area contributed by atoms with E-state index in [4.69, 9.17) is 4.74 Å². The van der Waals surface area contributed by atoms with Crippen LogP contribution in [0.2, 0.25) is 0 Å². The fraction of sp³-hybridized carbons (Fsp3) is 0.708. The number of ether oxygens (including phenoxy) is 1. The molecule has 0 saturated carbocycles. The molecule has 0 aromatic carbocycles. The number of carboxylic acids is 1. The van der Waals surface area contributed by atoms with Crippen molar-refractivity contribution in [2.45, 2.75) is 83.8 Å². The van der Waals surface area contributed by atoms with Gasteiger partial charge in [-0.15, -0.1) is 0 Å². The van der Waals surface area contributed by atoms with Crippen molar-refractivity contribution in [3.8, 4) is 0 Å². The van der Waals surface area contributed by atoms with Crippen LogP contribution >= 0.6 is 0 Å². The largest absolute Gasteiger partial charge is 0.480 e. The van der Waals surface area contributed by atoms with Gasteiger partial charge in [0.05, 0.1) is 0 Å². The lowest BCUT2D eigenvalue weighted by atomic mass is 10.1. The van der Waals surface area contributed by atoms with Gasteiger partial charge in [0.25, 0.3) is 0 Å². The first kappa shape index (κ1) is 27.8. The monoisotopic (exact) mass is 484 g/mol. The first-order valence-electron chi connectivity index (χ1n) is 12.0. The minimum Gasteiger partial charge on any atom is -0.480 e. The van der Waals surface area contributed by atoms with Crippen molar-refractivity contribution in [2.24, 2.45) is 0 Å². The molecule has 1 unspecified atom stereocenters. The smallest absolute Gasteiger partial charge is 0.408 e. The number of carbonyl (C=O) groups is 2. The second kappa shape index (κ2) is 13.4. The summed E-state index contributed by atoms with van der Waals surface area (Å²) in [5.41, 5.74) is 1.49. The molecular weight excluding hydrogens is 446 g/mol. The molecule has 0 saturated heterocycles. The third-order valence-electron chi connectivity index (χ3n) is 5.50. The van der Waals surface area contributed by atoms with Crippen molar-refractivity contribution >= 4 is 17.9 Å². The number of amides is 1. The summed E-state index contributed by atoms with van der Waals surface area (Å²) < 4.78 is 30.7. The summed E-state index contributed by atoms with van der Waals surface area (Å²) in [5.74, 6) is -0.230. The number of aryl methyl sites for hydroxylation is 2. The van der Waals surface area contributed by atoms with Crippen LogP contribution in [-0.4, -0.2) is 71.3 Å². The van der Waals surface area contributed by atoms with Crippen LogP contribution in [0.5, 0.6) is 0 Å². The van der Waals surface area contributed by atoms with Crippen molar-refractivity contribution in [1.82, 2.24) is 15.2 Å². The highest BCUT2D eigenvalue weighted by atomic mass is 19.3. The minimum atomic E-state index is -2.43. The van der Waals surface area contributed by atoms with Crippen molar-refractivity contribution in [3.63, 3.8) is 0 Å². The van der Waals surface area contributed by atoms with Crippen LogP contribution in [0.3, 0.4) is 0 Å². The van der Waals surface area contributed by atoms with Gasteiger partial charge in [0.15, 0.2) is 0 Å². The molecule has 0 aliphatic carbocycles. The number of anilines is 1. The maximum Gasteiger partial charge on any atom is 0.408 e. The maximum absolute atomic E-state index is 12.8. The van der Waals surface area contributed by atoms with Crippen LogP contribution in [0.25, 0.3) is 0 Å². The fourth-order valence-electron chi connectivity index (χ4n) is 3.78. The molecule has 0 bridgehead atoms. The summed E-state index contributed by atoms with van der Waals surface area (Å²) in [4.78, 5) is 30.0. The molecule has 1 aromatic rings. The molecule has 3 N–H and O–H groups in total. The SMILES string of the molecule is CC(C)(C)OC(=O)NC(CCN(CCCCc1ccc2c(n1)NCCC2)CCC(F)F)C(=O)O. The third-order valence-corrected chi connectivity index (χ3v) is 5.50. The molecule has 8 nitrogen and oxygen atoms in total. The summed E-state index contributed by atoms with van der Waals surface area (Å²) in [7, 11) is 0. The first-order valence-corrected chi connectivity index (χ1v) is 12.0. The lowest BCUT2D eigenvalue weighted by Gasteiger charge is -2.25. The number of nitrogens with one attached hydrogen (secondary N) is 2. The number of carbonyl (C=O) groups excluding carboxylic acids is 1. The number of unbranched alkanes of at least 4 members (excludes halogenated alkanes) is 1. The molecule has 10 heteroatoms. The number of aromatic nitrogens is 1. The molecule has 1 amide bonds. The predicted molar refractivity (Wildman–Crippen MR) is 126 cm³/mol. The van der Waals surface area contributed by atoms with Crippen LogP contribution < -0.4 is 10.6 Å². The Balaban J connectivity index is 1.83. The topological polar surface area (TPSA) is 104 Å². The van der Waals surface area contributed by atoms with Crippen molar-refractivity contribution < 1.29 is 28.2 Å². The Morgan fingerprint density at radius 3 is 2.62 bits per heavy atom. The zero-order valence-electron chi connectivity index (χ0n) is 20.4. The Labute approximate surface area is 200 Å². The van der Waals surface area contributed by atoms with E-state index in [1.54, 1.807) is 20.8 Å². The number of nitrogens with zero attached hydrogens (tertiary/aromatic N) is 2. The summed E-state index contributed by atoms with van der Waals surface area (Å²) in [6.45, 7) is 7.00. The molecule has 2 heterocycles. The Morgan fingerprint density at radius 1 is 1.21 bits per heavy atom. The summed E-state index contributed by atoms with van der Waals surface area (Å²) >= 11 is 0. The van der Waals surface area contributed by atoms with Gasteiger partial charge in [-0.1, -0.05) is 6.07 Å². The van der Waals surface area contributed by atoms with E-state index in [1.165, 1.54) is 5.56 Å². The third kappa shape index (κ3) is 10.6. The zero-order chi connectivity index (χ0) is 25.1. The Bertz CT molecular complexity index is 802. The molecule has 1 aliphatic rings. The number of halogens is 2. The lowest BCUT2D eigenvalue weighted by molar-refractivity contribution is -0.139. The van der Waals surface area contributed by atoms with Gasteiger partial charge in [0.2, 0.25) is 6.43 Å². The van der Waals surface area contributed by atoms with E-state index in [-0.39, 0.29) is 25.9 Å². The maximum atomic E-state index is 12.8. The predicted octanol–water partition coefficient (Wildman–Crippen LogP) is 4.09. The Morgan fingerprint density at radius 2 is 1.94 bits per heavy atom. The molecular formula is C24H38F2N4O4. The van der Waals surface area contributed by atoms with E-state index < -0.39 is 30.1 Å². The van der Waals surface area contributed by atoms with E-state index in [1.807, 2.05) is 11.0 Å². The van der Waals surface area contributed by atoms with Crippen molar-refractivity contribution in [2.75, 3.05) is 31.5 Å². The Hall–Kier alpha value is -2.49. The van der Waals surface area contributed by atoms with Crippen LogP contribution in [0.1, 0.15) is 64.1 Å². The highest BCUT2D eigenvalue weighted by molar-refractivity contribution is 5.80. The Kier molecular flexibility index (Phi) is 10.9. The molecule has 1 aliphatic heterocycles. The van der Waals surface area contributed by atoms with E-state index in [9.17, 15) is 23.5 Å². The summed E-state index contributed by atoms with van der Waals surface area (Å²) in [5, 5.41) is 15.1. The van der Waals surface area contributed by atoms with Crippen molar-refractivity contribution in [3.05, 3.63) is 23.4 Å². The molecule has 34 heavy (non-hydrogen) atoms. The number of rotatable bonds is 13. The highest BCUT2D eigenvalue weighted by Crippen LogP contribution is 2.20. The van der Waals surface area contributed by atoms with Gasteiger partial charge in [-0.25, -0.2) is 23.4 Å². The molecule has 0 radical (unpaired) electrons. The summed E-state index contributed by atoms with van der Waals surface area (Å²) in [6.07, 6.45) is 1.12. The van der Waals surface area contributed by atoms with Gasteiger partial charge in [0, 0.05) is 31.7 Å². The number of carboxylic acid groups (broad SMARTS) is 1. The van der Waals surface area contributed by atoms with Gasteiger partial charge in [-0.05, 0) is 77.5 Å². The average Bonchev–Trinajstić information content (AvgIpc) is 2.75. The number of fused-ring (bicyclic) bond motifs is 1. The number of alkyl carbamates (subject to hydrolysis) is 1. The van der Waals surface area contributed by atoms with E-state index >= 15 is 0 Å². The molecule has 192 valence electrons. The molecule has 0 spiro atoms. The minimum absolute atomic E-state index is 0.0931. The number of alkyl halides is 2. The fourth-order valence-corrected chi connectivity index (χ4v) is 3.78. The molecule has 1 atom stereocenters. The van der Waals surface area contributed by atoms with Crippen LogP contribution in [0.4, 0.5) is 19.4 Å². The normalized spacial score (nSPS) is 14.4. The summed E-state index contributed by atoms with van der Waals surface area (Å²) in [6, 6.07) is 3.00. The zero-order valence-corrected chi connectivity index (χ0v) is 20.4. The quantitative estimate of drug-likeness (QED) is 0.362. The van der Waals surface area contributed by atoms with Crippen LogP contribution in [-0.2, 0) is 22.4 Å². The first-order chi connectivity index (χ1) is 16.0. The van der Waals surface area contributed by atoms with Crippen LogP contribution in [0, 0.1) is 0 Å². The number of hydrogen-bond donors (Lipinski definition) is 3. The van der Waals surface area contributed by atoms with Gasteiger partial charge in [-0.2, -0.15) is 0 Å². The standard InChI is InChI=1S/C24H38F2N4O4/c1-24(2,3)34-23(33)29-19(22(31)32)11-15-30(16-12-20(25)26)14-5-4-8-18-10-9-17-7-6-13-27-21(17)28-18/h9-10,19-20H,4-8,11-16H2,1-3H3,(H,27,28)(H,29,33)(H,31,32). The van der Waals surface area contributed by atoms with Crippen molar-refractivity contribution in [1.29, 1.82) is 0 Å². The van der Waals surface area contributed by atoms with E-state index in [0.717, 1.165) is 50.2 Å². The highest BCUT2D eigenvalue weighted by Gasteiger charge is 2.24. The van der Waals surface area contributed by atoms with Crippen LogP contribution in [0.15, 0.2) is 12.1 Å². The number of hydrogen-bond acceptors (Lipinski definition) is 6. The average molecular weight is 485 g/mol. The number of aliphatic carboxylic acids is 1. The molecule has 0 fully saturated rings. The van der Waals surface area contributed by atoms with Gasteiger partial charge < -0.3 is 25.4 Å². The molecule has 1 aromatic heterocycles. The second-order valence-corrected chi connectivity index (χ2v) is 9.64. The van der Waals surface area contributed by atoms with Gasteiger partial charge in [-0.3, -0.25) is 0 Å². The van der Waals surface area contributed by atoms with E-state index in [2.05, 4.69) is 21.7 Å².